The van der Waals surface area contributed by atoms with Gasteiger partial charge in [-0.2, -0.15) is 11.3 Å². The molecule has 0 aliphatic carbocycles. The second-order valence-electron chi connectivity index (χ2n) is 6.94. The Labute approximate surface area is 199 Å². The number of rotatable bonds is 6. The summed E-state index contributed by atoms with van der Waals surface area (Å²) in [4.78, 5) is 22.3. The predicted octanol–water partition coefficient (Wildman–Crippen LogP) is 3.16. The molecule has 4 rings (SSSR count). The topological polar surface area (TPSA) is 129 Å². The number of hydrogen-bond donors (Lipinski definition) is 4. The van der Waals surface area contributed by atoms with Gasteiger partial charge in [-0.25, -0.2) is 11.0 Å². The van der Waals surface area contributed by atoms with Crippen LogP contribution in [-0.2, 0) is 13.0 Å². The summed E-state index contributed by atoms with van der Waals surface area (Å²) in [6.45, 7) is 0.751. The first kappa shape index (κ1) is 24.3. The lowest BCUT2D eigenvalue weighted by atomic mass is 10.1. The molecule has 9 nitrogen and oxygen atoms in total. The Morgan fingerprint density at radius 3 is 2.38 bits per heavy atom. The standard InChI is InChI=1S/C15H14N4O2S.C9H7NO2/c20-15(17-21)13-3-1-2-12(8-13)14-9-19(18-16-14)6-4-11-5-7-22-10-11;1-2-7-4-3-5-8(6-7)9(11)10-12/h1-3,5,7-10,21H,4,6H2,(H,17,20);1,3-6,12H,(H,10,11). The van der Waals surface area contributed by atoms with E-state index in [1.54, 1.807) is 57.9 Å². The third kappa shape index (κ3) is 6.60. The highest BCUT2D eigenvalue weighted by molar-refractivity contribution is 7.07. The number of amides is 2. The van der Waals surface area contributed by atoms with Crippen LogP contribution in [0.25, 0.3) is 11.3 Å². The monoisotopic (exact) mass is 475 g/mol. The first-order valence-electron chi connectivity index (χ1n) is 10.0. The average molecular weight is 476 g/mol. The van der Waals surface area contributed by atoms with Gasteiger partial charge in [-0.1, -0.05) is 29.3 Å². The molecule has 0 aliphatic rings. The third-order valence-corrected chi connectivity index (χ3v) is 5.40. The van der Waals surface area contributed by atoms with Crippen molar-refractivity contribution < 1.29 is 20.0 Å². The lowest BCUT2D eigenvalue weighted by molar-refractivity contribution is 0.0702. The molecule has 172 valence electrons. The number of aromatic nitrogens is 3. The molecule has 34 heavy (non-hydrogen) atoms. The van der Waals surface area contributed by atoms with Crippen LogP contribution in [0, 0.1) is 12.3 Å². The molecule has 0 radical (unpaired) electrons. The number of carbonyl (C=O) groups is 2. The molecule has 4 N–H and O–H groups in total. The maximum Gasteiger partial charge on any atom is 0.274 e. The van der Waals surface area contributed by atoms with Gasteiger partial charge in [0.1, 0.15) is 5.69 Å². The van der Waals surface area contributed by atoms with Crippen molar-refractivity contribution in [1.82, 2.24) is 26.0 Å². The number of benzene rings is 2. The van der Waals surface area contributed by atoms with Gasteiger partial charge >= 0.3 is 0 Å². The predicted molar refractivity (Wildman–Crippen MR) is 126 cm³/mol. The molecule has 0 bridgehead atoms. The summed E-state index contributed by atoms with van der Waals surface area (Å²) >= 11 is 1.68. The Bertz CT molecular complexity index is 1290. The normalized spacial score (nSPS) is 9.91. The summed E-state index contributed by atoms with van der Waals surface area (Å²) in [7, 11) is 0. The second-order valence-corrected chi connectivity index (χ2v) is 7.72. The first-order chi connectivity index (χ1) is 16.5. The smallest absolute Gasteiger partial charge is 0.274 e. The van der Waals surface area contributed by atoms with Gasteiger partial charge in [0.05, 0.1) is 6.20 Å². The van der Waals surface area contributed by atoms with Crippen molar-refractivity contribution in [3.05, 3.63) is 93.8 Å². The molecule has 0 saturated heterocycles. The van der Waals surface area contributed by atoms with Crippen molar-refractivity contribution in [2.45, 2.75) is 13.0 Å². The lowest BCUT2D eigenvalue weighted by Gasteiger charge is -2.01. The van der Waals surface area contributed by atoms with Crippen LogP contribution in [0.1, 0.15) is 31.8 Å². The van der Waals surface area contributed by atoms with Crippen LogP contribution < -0.4 is 11.0 Å². The number of nitrogens with one attached hydrogen (secondary N) is 2. The minimum Gasteiger partial charge on any atom is -0.288 e. The minimum atomic E-state index is -0.563. The summed E-state index contributed by atoms with van der Waals surface area (Å²) in [5.74, 6) is 1.27. The number of terminal acetylenes is 1. The molecule has 2 aromatic carbocycles. The van der Waals surface area contributed by atoms with Crippen molar-refractivity contribution in [1.29, 1.82) is 0 Å². The van der Waals surface area contributed by atoms with Crippen molar-refractivity contribution in [3.63, 3.8) is 0 Å². The van der Waals surface area contributed by atoms with E-state index < -0.39 is 11.8 Å². The fourth-order valence-electron chi connectivity index (χ4n) is 2.92. The quantitative estimate of drug-likeness (QED) is 0.193. The molecule has 4 aromatic rings. The molecular weight excluding hydrogens is 454 g/mol. The zero-order valence-corrected chi connectivity index (χ0v) is 18.7. The molecular formula is C24H21N5O4S. The van der Waals surface area contributed by atoms with E-state index in [9.17, 15) is 9.59 Å². The van der Waals surface area contributed by atoms with Crippen LogP contribution in [-0.4, -0.2) is 37.2 Å². The van der Waals surface area contributed by atoms with E-state index in [-0.39, 0.29) is 0 Å². The third-order valence-electron chi connectivity index (χ3n) is 4.66. The van der Waals surface area contributed by atoms with Gasteiger partial charge in [0.25, 0.3) is 11.8 Å². The van der Waals surface area contributed by atoms with E-state index in [1.807, 2.05) is 12.3 Å². The van der Waals surface area contributed by atoms with Crippen molar-refractivity contribution in [2.75, 3.05) is 0 Å². The molecule has 0 unspecified atom stereocenters. The largest absolute Gasteiger partial charge is 0.288 e. The highest BCUT2D eigenvalue weighted by Crippen LogP contribution is 2.18. The number of hydroxylamine groups is 2. The molecule has 0 saturated carbocycles. The van der Waals surface area contributed by atoms with Gasteiger partial charge in [0.2, 0.25) is 0 Å². The summed E-state index contributed by atoms with van der Waals surface area (Å²) in [6.07, 6.45) is 7.87. The van der Waals surface area contributed by atoms with E-state index in [0.717, 1.165) is 18.5 Å². The Morgan fingerprint density at radius 2 is 1.74 bits per heavy atom. The van der Waals surface area contributed by atoms with Crippen molar-refractivity contribution >= 4 is 23.2 Å². The molecule has 2 heterocycles. The maximum atomic E-state index is 11.4. The maximum absolute atomic E-state index is 11.4. The zero-order valence-electron chi connectivity index (χ0n) is 17.9. The molecule has 10 heteroatoms. The summed E-state index contributed by atoms with van der Waals surface area (Å²) < 4.78 is 1.78. The van der Waals surface area contributed by atoms with E-state index in [2.05, 4.69) is 33.1 Å². The minimum absolute atomic E-state index is 0.341. The summed E-state index contributed by atoms with van der Waals surface area (Å²) in [5, 5.41) is 29.4. The molecule has 0 atom stereocenters. The van der Waals surface area contributed by atoms with Crippen LogP contribution >= 0.6 is 11.3 Å². The van der Waals surface area contributed by atoms with Gasteiger partial charge in [-0.05, 0) is 59.1 Å². The molecule has 2 amide bonds. The van der Waals surface area contributed by atoms with E-state index in [4.69, 9.17) is 16.8 Å². The molecule has 0 aliphatic heterocycles. The lowest BCUT2D eigenvalue weighted by Crippen LogP contribution is -2.18. The van der Waals surface area contributed by atoms with Gasteiger partial charge < -0.3 is 0 Å². The van der Waals surface area contributed by atoms with Gasteiger partial charge in [-0.3, -0.25) is 24.7 Å². The van der Waals surface area contributed by atoms with Crippen molar-refractivity contribution in [2.24, 2.45) is 0 Å². The fraction of sp³-hybridized carbons (Fsp3) is 0.0833. The molecule has 0 spiro atoms. The Hall–Kier alpha value is -4.30. The highest BCUT2D eigenvalue weighted by Gasteiger charge is 2.09. The summed E-state index contributed by atoms with van der Waals surface area (Å²) in [6, 6.07) is 15.4. The average Bonchev–Trinajstić information content (AvgIpc) is 3.59. The van der Waals surface area contributed by atoms with Crippen LogP contribution in [0.15, 0.2) is 71.6 Å². The Kier molecular flexibility index (Phi) is 8.65. The van der Waals surface area contributed by atoms with E-state index in [1.165, 1.54) is 17.1 Å². The number of aryl methyl sites for hydroxylation is 2. The van der Waals surface area contributed by atoms with Gasteiger partial charge in [-0.15, -0.1) is 11.5 Å². The van der Waals surface area contributed by atoms with Crippen LogP contribution in [0.5, 0.6) is 0 Å². The molecule has 2 aromatic heterocycles. The summed E-state index contributed by atoms with van der Waals surface area (Å²) in [5.41, 5.74) is 7.22. The van der Waals surface area contributed by atoms with Crippen molar-refractivity contribution in [3.8, 4) is 23.6 Å². The van der Waals surface area contributed by atoms with Gasteiger partial charge in [0, 0.05) is 28.8 Å². The number of thiophene rings is 1. The first-order valence-corrected chi connectivity index (χ1v) is 11.0. The zero-order chi connectivity index (χ0) is 24.3. The van der Waals surface area contributed by atoms with E-state index >= 15 is 0 Å². The second kappa shape index (κ2) is 12.1. The van der Waals surface area contributed by atoms with Crippen LogP contribution in [0.3, 0.4) is 0 Å². The van der Waals surface area contributed by atoms with Crippen LogP contribution in [0.2, 0.25) is 0 Å². The number of nitrogens with zero attached hydrogens (tertiary/aromatic N) is 3. The van der Waals surface area contributed by atoms with Crippen LogP contribution in [0.4, 0.5) is 0 Å². The number of hydrogen-bond acceptors (Lipinski definition) is 7. The Morgan fingerprint density at radius 1 is 1.03 bits per heavy atom. The van der Waals surface area contributed by atoms with Gasteiger partial charge in [0.15, 0.2) is 0 Å². The molecule has 0 fully saturated rings. The highest BCUT2D eigenvalue weighted by atomic mass is 32.1. The Balaban J connectivity index is 0.000000229. The number of carbonyl (C=O) groups excluding carboxylic acids is 2. The fourth-order valence-corrected chi connectivity index (χ4v) is 3.62. The SMILES string of the molecule is C#Cc1cccc(C(=O)NO)c1.O=C(NO)c1cccc(-c2cn(CCc3ccsc3)nn2)c1. The van der Waals surface area contributed by atoms with E-state index in [0.29, 0.717) is 22.4 Å².